The number of hydrogen-bond acceptors (Lipinski definition) is 0. The fraction of sp³-hybridized carbons (Fsp3) is 0.286. The first-order valence-electron chi connectivity index (χ1n) is 10.6. The van der Waals surface area contributed by atoms with E-state index < -0.39 is 0 Å². The van der Waals surface area contributed by atoms with Crippen LogP contribution in [0.2, 0.25) is 0 Å². The molecule has 1 aromatic rings. The second kappa shape index (κ2) is 8.71. The summed E-state index contributed by atoms with van der Waals surface area (Å²) in [6.07, 6.45) is 25.2. The van der Waals surface area contributed by atoms with E-state index in [1.54, 1.807) is 0 Å². The summed E-state index contributed by atoms with van der Waals surface area (Å²) in [5.74, 6) is 0.500. The molecule has 0 spiro atoms. The van der Waals surface area contributed by atoms with E-state index in [1.165, 1.54) is 32.3 Å². The lowest BCUT2D eigenvalue weighted by Gasteiger charge is -2.42. The van der Waals surface area contributed by atoms with Crippen molar-refractivity contribution in [2.75, 3.05) is 0 Å². The van der Waals surface area contributed by atoms with Gasteiger partial charge in [-0.15, -0.1) is 0 Å². The average Bonchev–Trinajstić information content (AvgIpc) is 2.93. The normalized spacial score (nSPS) is 26.7. The molecule has 148 valence electrons. The maximum atomic E-state index is 3.64. The van der Waals surface area contributed by atoms with E-state index in [0.717, 1.165) is 25.7 Å². The van der Waals surface area contributed by atoms with Crippen molar-refractivity contribution in [3.8, 4) is 0 Å². The van der Waals surface area contributed by atoms with Crippen LogP contribution < -0.4 is 0 Å². The van der Waals surface area contributed by atoms with Crippen molar-refractivity contribution in [1.82, 2.24) is 0 Å². The lowest BCUT2D eigenvalue weighted by atomic mass is 9.62. The first kappa shape index (κ1) is 20.2. The van der Waals surface area contributed by atoms with E-state index in [9.17, 15) is 0 Å². The Kier molecular flexibility index (Phi) is 6.06. The van der Waals surface area contributed by atoms with Gasteiger partial charge < -0.3 is 0 Å². The molecule has 0 saturated heterocycles. The number of rotatable bonds is 4. The van der Waals surface area contributed by atoms with Crippen molar-refractivity contribution in [3.05, 3.63) is 112 Å². The molecule has 0 radical (unpaired) electrons. The highest BCUT2D eigenvalue weighted by atomic mass is 79.9. The second-order valence-corrected chi connectivity index (χ2v) is 9.61. The molecule has 1 aromatic carbocycles. The van der Waals surface area contributed by atoms with Crippen molar-refractivity contribution < 1.29 is 0 Å². The minimum absolute atomic E-state index is 0.0902. The maximum Gasteiger partial charge on any atom is 0.0132 e. The monoisotopic (exact) mass is 444 g/mol. The number of hydrogen-bond donors (Lipinski definition) is 0. The van der Waals surface area contributed by atoms with Gasteiger partial charge in [-0.2, -0.15) is 0 Å². The molecule has 3 aliphatic rings. The first-order valence-corrected chi connectivity index (χ1v) is 11.4. The van der Waals surface area contributed by atoms with Crippen LogP contribution in [-0.4, -0.2) is 0 Å². The van der Waals surface area contributed by atoms with Crippen LogP contribution in [0.5, 0.6) is 0 Å². The van der Waals surface area contributed by atoms with Crippen LogP contribution in [-0.2, 0) is 0 Å². The average molecular weight is 445 g/mol. The van der Waals surface area contributed by atoms with Crippen LogP contribution in [0.15, 0.2) is 106 Å². The summed E-state index contributed by atoms with van der Waals surface area (Å²) in [4.78, 5) is 0. The Morgan fingerprint density at radius 1 is 1.03 bits per heavy atom. The number of halogens is 1. The summed E-state index contributed by atoms with van der Waals surface area (Å²) in [6.45, 7) is 4.67. The molecule has 0 N–H and O–H groups in total. The molecular weight excluding hydrogens is 416 g/mol. The highest BCUT2D eigenvalue weighted by Gasteiger charge is 2.39. The van der Waals surface area contributed by atoms with Gasteiger partial charge in [0, 0.05) is 9.90 Å². The van der Waals surface area contributed by atoms with Crippen molar-refractivity contribution in [2.24, 2.45) is 11.3 Å². The maximum absolute atomic E-state index is 3.64. The van der Waals surface area contributed by atoms with E-state index in [2.05, 4.69) is 115 Å². The van der Waals surface area contributed by atoms with Gasteiger partial charge in [0.2, 0.25) is 0 Å². The third kappa shape index (κ3) is 4.56. The summed E-state index contributed by atoms with van der Waals surface area (Å²) in [5, 5.41) is 0. The Hall–Kier alpha value is -2.12. The Labute approximate surface area is 183 Å². The largest absolute Gasteiger partial charge is 0.0802 e. The van der Waals surface area contributed by atoms with Gasteiger partial charge in [0.15, 0.2) is 0 Å². The standard InChI is InChI=1S/C28H29Br/c1-21-7-6-8-22(12-11-21)19-23-13-18-27(24-9-4-3-5-10-24)28(2,20-23)25-14-16-26(29)17-15-25/h3-6,8-14,16-18,25H,7,15,19-20H2,1-2H3/t25?,28-/m0/s1. The summed E-state index contributed by atoms with van der Waals surface area (Å²) in [6, 6.07) is 10.9. The summed E-state index contributed by atoms with van der Waals surface area (Å²) in [7, 11) is 0. The molecule has 0 saturated carbocycles. The lowest BCUT2D eigenvalue weighted by Crippen LogP contribution is -2.30. The van der Waals surface area contributed by atoms with Crippen LogP contribution in [0, 0.1) is 11.3 Å². The number of benzene rings is 1. The quantitative estimate of drug-likeness (QED) is 0.436. The molecule has 0 aromatic heterocycles. The SMILES string of the molecule is CC1=CC=C(CC2=CC=C(c3ccccc3)[C@](C)(C3C=CC(Br)=CC3)C2)C=CC1. The molecule has 2 atom stereocenters. The zero-order valence-corrected chi connectivity index (χ0v) is 19.0. The van der Waals surface area contributed by atoms with Crippen molar-refractivity contribution in [1.29, 1.82) is 0 Å². The minimum atomic E-state index is 0.0902. The predicted molar refractivity (Wildman–Crippen MR) is 130 cm³/mol. The van der Waals surface area contributed by atoms with E-state index in [0.29, 0.717) is 5.92 Å². The molecule has 3 aliphatic carbocycles. The van der Waals surface area contributed by atoms with Gasteiger partial charge in [-0.3, -0.25) is 0 Å². The molecular formula is C28H29Br. The summed E-state index contributed by atoms with van der Waals surface area (Å²) < 4.78 is 1.20. The first-order chi connectivity index (χ1) is 14.0. The van der Waals surface area contributed by atoms with Crippen molar-refractivity contribution in [2.45, 2.75) is 39.5 Å². The van der Waals surface area contributed by atoms with Gasteiger partial charge in [-0.05, 0) is 55.2 Å². The molecule has 0 amide bonds. The molecule has 0 bridgehead atoms. The molecule has 0 aliphatic heterocycles. The predicted octanol–water partition coefficient (Wildman–Crippen LogP) is 8.48. The van der Waals surface area contributed by atoms with Gasteiger partial charge in [0.25, 0.3) is 0 Å². The fourth-order valence-corrected chi connectivity index (χ4v) is 5.07. The highest BCUT2D eigenvalue weighted by Crippen LogP contribution is 2.52. The molecule has 0 nitrogen and oxygen atoms in total. The topological polar surface area (TPSA) is 0 Å². The van der Waals surface area contributed by atoms with Gasteiger partial charge >= 0.3 is 0 Å². The molecule has 29 heavy (non-hydrogen) atoms. The summed E-state index contributed by atoms with van der Waals surface area (Å²) >= 11 is 3.64. The van der Waals surface area contributed by atoms with Crippen LogP contribution in [0.4, 0.5) is 0 Å². The molecule has 4 rings (SSSR count). The Balaban J connectivity index is 1.67. The molecule has 1 heteroatoms. The van der Waals surface area contributed by atoms with Crippen LogP contribution in [0.1, 0.15) is 45.1 Å². The Bertz CT molecular complexity index is 978. The zero-order chi connectivity index (χ0) is 20.3. The van der Waals surface area contributed by atoms with E-state index in [1.807, 2.05) is 0 Å². The molecule has 1 unspecified atom stereocenters. The van der Waals surface area contributed by atoms with Crippen LogP contribution >= 0.6 is 15.9 Å². The second-order valence-electron chi connectivity index (χ2n) is 8.69. The molecule has 0 heterocycles. The van der Waals surface area contributed by atoms with E-state index in [4.69, 9.17) is 0 Å². The minimum Gasteiger partial charge on any atom is -0.0802 e. The zero-order valence-electron chi connectivity index (χ0n) is 17.4. The lowest BCUT2D eigenvalue weighted by molar-refractivity contribution is 0.316. The highest BCUT2D eigenvalue weighted by molar-refractivity contribution is 9.11. The van der Waals surface area contributed by atoms with E-state index >= 15 is 0 Å². The van der Waals surface area contributed by atoms with Crippen molar-refractivity contribution in [3.63, 3.8) is 0 Å². The van der Waals surface area contributed by atoms with Crippen LogP contribution in [0.25, 0.3) is 5.57 Å². The van der Waals surface area contributed by atoms with Crippen LogP contribution in [0.3, 0.4) is 0 Å². The smallest absolute Gasteiger partial charge is 0.0132 e. The summed E-state index contributed by atoms with van der Waals surface area (Å²) in [5.41, 5.74) is 7.26. The Morgan fingerprint density at radius 2 is 1.86 bits per heavy atom. The number of allylic oxidation sites excluding steroid dienone is 14. The van der Waals surface area contributed by atoms with Crippen molar-refractivity contribution >= 4 is 21.5 Å². The van der Waals surface area contributed by atoms with Gasteiger partial charge in [-0.1, -0.05) is 119 Å². The Morgan fingerprint density at radius 3 is 2.62 bits per heavy atom. The van der Waals surface area contributed by atoms with Gasteiger partial charge in [-0.25, -0.2) is 0 Å². The molecule has 0 fully saturated rings. The van der Waals surface area contributed by atoms with Gasteiger partial charge in [0.1, 0.15) is 0 Å². The van der Waals surface area contributed by atoms with Gasteiger partial charge in [0.05, 0.1) is 0 Å². The third-order valence-electron chi connectivity index (χ3n) is 6.44. The van der Waals surface area contributed by atoms with E-state index in [-0.39, 0.29) is 5.41 Å². The third-order valence-corrected chi connectivity index (χ3v) is 7.03. The fourth-order valence-electron chi connectivity index (χ4n) is 4.73.